The number of carboxylic acids is 1. The maximum absolute atomic E-state index is 12.1. The first-order valence-electron chi connectivity index (χ1n) is 6.70. The van der Waals surface area contributed by atoms with Crippen LogP contribution in [0.2, 0.25) is 0 Å². The molecule has 1 aromatic carbocycles. The lowest BCUT2D eigenvalue weighted by atomic mass is 9.79. The van der Waals surface area contributed by atoms with Gasteiger partial charge in [0, 0.05) is 13.7 Å². The van der Waals surface area contributed by atoms with Crippen LogP contribution in [0.3, 0.4) is 0 Å². The van der Waals surface area contributed by atoms with Gasteiger partial charge in [-0.25, -0.2) is 0 Å². The molecule has 1 fully saturated rings. The number of methoxy groups -OCH3 is 1. The Morgan fingerprint density at radius 3 is 2.45 bits per heavy atom. The first-order chi connectivity index (χ1) is 9.59. The predicted octanol–water partition coefficient (Wildman–Crippen LogP) is 1.54. The van der Waals surface area contributed by atoms with Crippen LogP contribution in [-0.4, -0.2) is 36.2 Å². The zero-order valence-electron chi connectivity index (χ0n) is 11.5. The highest BCUT2D eigenvalue weighted by Gasteiger charge is 2.44. The quantitative estimate of drug-likeness (QED) is 0.827. The van der Waals surface area contributed by atoms with E-state index in [9.17, 15) is 14.7 Å². The van der Waals surface area contributed by atoms with Crippen LogP contribution in [-0.2, 0) is 14.3 Å². The molecule has 1 aromatic rings. The third-order valence-electron chi connectivity index (χ3n) is 3.93. The zero-order chi connectivity index (χ0) is 14.6. The number of aliphatic carboxylic acids is 1. The smallest absolute Gasteiger partial charge is 0.312 e. The number of carboxylic acid groups (broad SMARTS) is 1. The molecule has 1 unspecified atom stereocenters. The number of rotatable bonds is 6. The van der Waals surface area contributed by atoms with Crippen molar-refractivity contribution in [2.45, 2.75) is 30.8 Å². The molecule has 2 rings (SSSR count). The molecule has 0 saturated heterocycles. The van der Waals surface area contributed by atoms with E-state index in [4.69, 9.17) is 4.74 Å². The molecular formula is C15H19NO4. The Morgan fingerprint density at radius 1 is 1.35 bits per heavy atom. The second-order valence-electron chi connectivity index (χ2n) is 5.06. The largest absolute Gasteiger partial charge is 0.481 e. The summed E-state index contributed by atoms with van der Waals surface area (Å²) in [5, 5.41) is 12.0. The van der Waals surface area contributed by atoms with Crippen LogP contribution in [0.15, 0.2) is 30.3 Å². The van der Waals surface area contributed by atoms with E-state index in [1.807, 2.05) is 6.07 Å². The van der Waals surface area contributed by atoms with Gasteiger partial charge in [-0.2, -0.15) is 0 Å². The van der Waals surface area contributed by atoms with E-state index in [2.05, 4.69) is 5.32 Å². The van der Waals surface area contributed by atoms with Gasteiger partial charge in [0.15, 0.2) is 0 Å². The average molecular weight is 277 g/mol. The number of ether oxygens (including phenoxy) is 1. The van der Waals surface area contributed by atoms with Gasteiger partial charge in [-0.15, -0.1) is 0 Å². The Hall–Kier alpha value is -1.88. The number of hydrogen-bond acceptors (Lipinski definition) is 3. The molecular weight excluding hydrogens is 258 g/mol. The van der Waals surface area contributed by atoms with E-state index in [0.29, 0.717) is 18.4 Å². The third kappa shape index (κ3) is 2.82. The predicted molar refractivity (Wildman–Crippen MR) is 73.4 cm³/mol. The van der Waals surface area contributed by atoms with E-state index in [1.54, 1.807) is 24.3 Å². The van der Waals surface area contributed by atoms with Gasteiger partial charge in [-0.3, -0.25) is 9.59 Å². The Morgan fingerprint density at radius 2 is 2.00 bits per heavy atom. The molecule has 5 heteroatoms. The topological polar surface area (TPSA) is 75.6 Å². The van der Waals surface area contributed by atoms with Crippen molar-refractivity contribution in [2.24, 2.45) is 0 Å². The van der Waals surface area contributed by atoms with E-state index in [0.717, 1.165) is 6.42 Å². The summed E-state index contributed by atoms with van der Waals surface area (Å²) in [4.78, 5) is 23.4. The Labute approximate surface area is 117 Å². The SMILES string of the molecule is COC1(C(=O)NCC(C(=O)O)c2ccccc2)CCC1. The van der Waals surface area contributed by atoms with E-state index in [-0.39, 0.29) is 12.5 Å². The molecule has 1 aliphatic rings. The number of benzene rings is 1. The van der Waals surface area contributed by atoms with Crippen LogP contribution in [0.5, 0.6) is 0 Å². The fourth-order valence-electron chi connectivity index (χ4n) is 2.41. The van der Waals surface area contributed by atoms with Crippen LogP contribution in [0.25, 0.3) is 0 Å². The number of carbonyl (C=O) groups is 2. The van der Waals surface area contributed by atoms with Gasteiger partial charge >= 0.3 is 5.97 Å². The van der Waals surface area contributed by atoms with Gasteiger partial charge in [-0.1, -0.05) is 30.3 Å². The van der Waals surface area contributed by atoms with Crippen LogP contribution >= 0.6 is 0 Å². The van der Waals surface area contributed by atoms with Crippen molar-refractivity contribution in [2.75, 3.05) is 13.7 Å². The van der Waals surface area contributed by atoms with Crippen molar-refractivity contribution >= 4 is 11.9 Å². The summed E-state index contributed by atoms with van der Waals surface area (Å²) in [6, 6.07) is 8.90. The maximum atomic E-state index is 12.1. The van der Waals surface area contributed by atoms with Crippen molar-refractivity contribution < 1.29 is 19.4 Å². The second kappa shape index (κ2) is 6.05. The van der Waals surface area contributed by atoms with Crippen molar-refractivity contribution in [3.63, 3.8) is 0 Å². The maximum Gasteiger partial charge on any atom is 0.312 e. The molecule has 0 radical (unpaired) electrons. The van der Waals surface area contributed by atoms with Gasteiger partial charge in [0.1, 0.15) is 5.60 Å². The van der Waals surface area contributed by atoms with Crippen LogP contribution in [0, 0.1) is 0 Å². The monoisotopic (exact) mass is 277 g/mol. The number of carbonyl (C=O) groups excluding carboxylic acids is 1. The normalized spacial score (nSPS) is 17.9. The third-order valence-corrected chi connectivity index (χ3v) is 3.93. The van der Waals surface area contributed by atoms with E-state index >= 15 is 0 Å². The van der Waals surface area contributed by atoms with Crippen LogP contribution in [0.4, 0.5) is 0 Å². The molecule has 2 N–H and O–H groups in total. The summed E-state index contributed by atoms with van der Waals surface area (Å²) in [5.41, 5.74) is -0.0694. The summed E-state index contributed by atoms with van der Waals surface area (Å²) in [6.07, 6.45) is 2.35. The van der Waals surface area contributed by atoms with Crippen LogP contribution in [0.1, 0.15) is 30.7 Å². The lowest BCUT2D eigenvalue weighted by Crippen LogP contribution is -2.54. The molecule has 1 saturated carbocycles. The molecule has 0 heterocycles. The molecule has 5 nitrogen and oxygen atoms in total. The molecule has 1 aliphatic carbocycles. The molecule has 20 heavy (non-hydrogen) atoms. The summed E-state index contributed by atoms with van der Waals surface area (Å²) in [6.45, 7) is 0.0727. The Kier molecular flexibility index (Phi) is 4.39. The molecule has 108 valence electrons. The highest BCUT2D eigenvalue weighted by Crippen LogP contribution is 2.35. The zero-order valence-corrected chi connectivity index (χ0v) is 11.5. The average Bonchev–Trinajstić information content (AvgIpc) is 2.39. The molecule has 0 aromatic heterocycles. The minimum absolute atomic E-state index is 0.0727. The van der Waals surface area contributed by atoms with Gasteiger partial charge in [0.2, 0.25) is 0 Å². The minimum Gasteiger partial charge on any atom is -0.481 e. The Bertz CT molecular complexity index is 476. The summed E-state index contributed by atoms with van der Waals surface area (Å²) >= 11 is 0. The standard InChI is InChI=1S/C15H19NO4/c1-20-15(8-5-9-15)14(19)16-10-12(13(17)18)11-6-3-2-4-7-11/h2-4,6-7,12H,5,8-10H2,1H3,(H,16,19)(H,17,18). The first kappa shape index (κ1) is 14.5. The minimum atomic E-state index is -0.948. The second-order valence-corrected chi connectivity index (χ2v) is 5.06. The number of hydrogen-bond donors (Lipinski definition) is 2. The molecule has 1 atom stereocenters. The number of nitrogens with one attached hydrogen (secondary N) is 1. The fourth-order valence-corrected chi connectivity index (χ4v) is 2.41. The summed E-state index contributed by atoms with van der Waals surface area (Å²) < 4.78 is 5.27. The van der Waals surface area contributed by atoms with Crippen molar-refractivity contribution in [1.29, 1.82) is 0 Å². The molecule has 0 spiro atoms. The van der Waals surface area contributed by atoms with Crippen molar-refractivity contribution in [1.82, 2.24) is 5.32 Å². The van der Waals surface area contributed by atoms with Gasteiger partial charge in [0.05, 0.1) is 5.92 Å². The summed E-state index contributed by atoms with van der Waals surface area (Å²) in [7, 11) is 1.52. The highest BCUT2D eigenvalue weighted by molar-refractivity contribution is 5.87. The molecule has 0 aliphatic heterocycles. The van der Waals surface area contributed by atoms with Gasteiger partial charge < -0.3 is 15.2 Å². The van der Waals surface area contributed by atoms with Gasteiger partial charge in [-0.05, 0) is 24.8 Å². The fraction of sp³-hybridized carbons (Fsp3) is 0.467. The summed E-state index contributed by atoms with van der Waals surface area (Å²) in [5.74, 6) is -1.90. The van der Waals surface area contributed by atoms with Crippen molar-refractivity contribution in [3.05, 3.63) is 35.9 Å². The van der Waals surface area contributed by atoms with Crippen LogP contribution < -0.4 is 5.32 Å². The lowest BCUT2D eigenvalue weighted by Gasteiger charge is -2.38. The highest BCUT2D eigenvalue weighted by atomic mass is 16.5. The Balaban J connectivity index is 2.00. The lowest BCUT2D eigenvalue weighted by molar-refractivity contribution is -0.154. The van der Waals surface area contributed by atoms with Crippen molar-refractivity contribution in [3.8, 4) is 0 Å². The van der Waals surface area contributed by atoms with Gasteiger partial charge in [0.25, 0.3) is 5.91 Å². The van der Waals surface area contributed by atoms with E-state index in [1.165, 1.54) is 7.11 Å². The first-order valence-corrected chi connectivity index (χ1v) is 6.70. The molecule has 0 bridgehead atoms. The molecule has 1 amide bonds. The number of amides is 1. The van der Waals surface area contributed by atoms with E-state index < -0.39 is 17.5 Å².